The summed E-state index contributed by atoms with van der Waals surface area (Å²) in [6.45, 7) is 3.37. The molecule has 0 aliphatic carbocycles. The minimum Gasteiger partial charge on any atom is -0.491 e. The Kier molecular flexibility index (Phi) is 8.06. The molecule has 224 valence electrons. The molecule has 0 saturated heterocycles. The van der Waals surface area contributed by atoms with Crippen LogP contribution < -0.4 is 10.1 Å². The van der Waals surface area contributed by atoms with Gasteiger partial charge in [0.15, 0.2) is 0 Å². The van der Waals surface area contributed by atoms with Gasteiger partial charge in [-0.05, 0) is 55.5 Å². The van der Waals surface area contributed by atoms with Crippen molar-refractivity contribution in [3.05, 3.63) is 102 Å². The smallest absolute Gasteiger partial charge is 0.339 e. The number of amides is 1. The van der Waals surface area contributed by atoms with E-state index in [9.17, 15) is 14.7 Å². The fourth-order valence-corrected chi connectivity index (χ4v) is 5.14. The zero-order valence-electron chi connectivity index (χ0n) is 24.2. The van der Waals surface area contributed by atoms with E-state index in [4.69, 9.17) is 19.4 Å². The highest BCUT2D eigenvalue weighted by Crippen LogP contribution is 2.29. The summed E-state index contributed by atoms with van der Waals surface area (Å²) in [6, 6.07) is 17.8. The highest BCUT2D eigenvalue weighted by atomic mass is 16.5. The van der Waals surface area contributed by atoms with Crippen LogP contribution in [-0.2, 0) is 11.3 Å². The van der Waals surface area contributed by atoms with Crippen molar-refractivity contribution < 1.29 is 24.2 Å². The molecule has 0 fully saturated rings. The number of hydrogen-bond donors (Lipinski definition) is 3. The highest BCUT2D eigenvalue weighted by molar-refractivity contribution is 5.97. The number of carbonyl (C=O) groups is 2. The van der Waals surface area contributed by atoms with Gasteiger partial charge >= 0.3 is 5.97 Å². The minimum absolute atomic E-state index is 0.0699. The van der Waals surface area contributed by atoms with Crippen molar-refractivity contribution in [1.29, 1.82) is 0 Å². The molecular formula is C32H31N7O5. The quantitative estimate of drug-likeness (QED) is 0.177. The molecule has 12 nitrogen and oxygen atoms in total. The van der Waals surface area contributed by atoms with Crippen LogP contribution in [0.2, 0.25) is 0 Å². The summed E-state index contributed by atoms with van der Waals surface area (Å²) < 4.78 is 15.0. The van der Waals surface area contributed by atoms with Crippen LogP contribution in [0, 0.1) is 0 Å². The summed E-state index contributed by atoms with van der Waals surface area (Å²) in [5.74, 6) is 0.306. The lowest BCUT2D eigenvalue weighted by Gasteiger charge is -2.13. The first-order valence-corrected chi connectivity index (χ1v) is 14.1. The maximum Gasteiger partial charge on any atom is 0.339 e. The zero-order chi connectivity index (χ0) is 30.6. The number of aromatic amines is 1. The number of para-hydroxylation sites is 1. The molecule has 3 heterocycles. The molecule has 0 aliphatic heterocycles. The number of benzene rings is 3. The zero-order valence-corrected chi connectivity index (χ0v) is 24.2. The lowest BCUT2D eigenvalue weighted by Crippen LogP contribution is -2.28. The molecule has 0 spiro atoms. The van der Waals surface area contributed by atoms with Gasteiger partial charge in [-0.15, -0.1) is 0 Å². The van der Waals surface area contributed by atoms with E-state index < -0.39 is 5.97 Å². The lowest BCUT2D eigenvalue weighted by atomic mass is 10.1. The molecule has 0 radical (unpaired) electrons. The van der Waals surface area contributed by atoms with Crippen molar-refractivity contribution in [3.8, 4) is 11.4 Å². The average molecular weight is 594 g/mol. The number of imidazole rings is 3. The second kappa shape index (κ2) is 12.4. The van der Waals surface area contributed by atoms with Gasteiger partial charge in [0.2, 0.25) is 0 Å². The van der Waals surface area contributed by atoms with Crippen molar-refractivity contribution in [1.82, 2.24) is 34.4 Å². The minimum atomic E-state index is -1.07. The molecule has 0 saturated carbocycles. The van der Waals surface area contributed by atoms with E-state index in [0.29, 0.717) is 18.7 Å². The number of aromatic carboxylic acids is 1. The van der Waals surface area contributed by atoms with E-state index in [1.54, 1.807) is 43.9 Å². The molecule has 3 aromatic carbocycles. The molecule has 0 aliphatic rings. The first kappa shape index (κ1) is 28.6. The molecule has 12 heteroatoms. The van der Waals surface area contributed by atoms with E-state index in [1.807, 2.05) is 41.1 Å². The molecule has 6 aromatic rings. The van der Waals surface area contributed by atoms with Crippen LogP contribution in [0.5, 0.6) is 5.75 Å². The summed E-state index contributed by atoms with van der Waals surface area (Å²) in [5, 5.41) is 12.2. The van der Waals surface area contributed by atoms with Crippen molar-refractivity contribution in [2.75, 3.05) is 26.9 Å². The molecule has 1 amide bonds. The third-order valence-electron chi connectivity index (χ3n) is 7.41. The maximum absolute atomic E-state index is 13.0. The monoisotopic (exact) mass is 593 g/mol. The van der Waals surface area contributed by atoms with Gasteiger partial charge < -0.3 is 34.0 Å². The van der Waals surface area contributed by atoms with Gasteiger partial charge in [-0.25, -0.2) is 19.7 Å². The van der Waals surface area contributed by atoms with Gasteiger partial charge in [-0.2, -0.15) is 0 Å². The third kappa shape index (κ3) is 5.75. The molecule has 0 bridgehead atoms. The van der Waals surface area contributed by atoms with E-state index in [2.05, 4.69) is 26.8 Å². The Bertz CT molecular complexity index is 1940. The largest absolute Gasteiger partial charge is 0.491 e. The molecule has 6 rings (SSSR count). The molecular weight excluding hydrogens is 562 g/mol. The lowest BCUT2D eigenvalue weighted by molar-refractivity contribution is 0.0691. The standard InChI is InChI=1S/C32H31N7O5/c1-20(29-35-24-10-8-22(18-26(24)36-29)38-13-11-33-19-38)30-37-25-9-7-21(17-27(25)39(30)14-16-43-2)31(40)34-12-15-44-28-6-4-3-5-23(28)32(41)42/h3-11,13,17-20H,12,14-16H2,1-2H3,(H,34,40)(H,35,36)(H,41,42). The number of fused-ring (bicyclic) bond motifs is 2. The van der Waals surface area contributed by atoms with Gasteiger partial charge in [0.1, 0.15) is 29.6 Å². The number of rotatable bonds is 12. The van der Waals surface area contributed by atoms with Crippen LogP contribution in [0.1, 0.15) is 45.2 Å². The fourth-order valence-electron chi connectivity index (χ4n) is 5.14. The third-order valence-corrected chi connectivity index (χ3v) is 7.41. The Morgan fingerprint density at radius 2 is 1.89 bits per heavy atom. The summed E-state index contributed by atoms with van der Waals surface area (Å²) in [7, 11) is 1.65. The van der Waals surface area contributed by atoms with E-state index in [0.717, 1.165) is 39.4 Å². The van der Waals surface area contributed by atoms with Crippen LogP contribution >= 0.6 is 0 Å². The first-order chi connectivity index (χ1) is 21.4. The van der Waals surface area contributed by atoms with Gasteiger partial charge in [0.05, 0.1) is 47.5 Å². The fraction of sp³-hybridized carbons (Fsp3) is 0.219. The summed E-state index contributed by atoms with van der Waals surface area (Å²) in [5.41, 5.74) is 4.84. The predicted octanol–water partition coefficient (Wildman–Crippen LogP) is 4.40. The number of carboxylic acids is 1. The molecule has 44 heavy (non-hydrogen) atoms. The Labute approximate surface area is 252 Å². The predicted molar refractivity (Wildman–Crippen MR) is 164 cm³/mol. The van der Waals surface area contributed by atoms with Crippen LogP contribution in [0.15, 0.2) is 79.4 Å². The second-order valence-electron chi connectivity index (χ2n) is 10.2. The Balaban J connectivity index is 1.21. The van der Waals surface area contributed by atoms with Crippen molar-refractivity contribution in [3.63, 3.8) is 0 Å². The van der Waals surface area contributed by atoms with Crippen LogP contribution in [-0.4, -0.2) is 72.9 Å². The molecule has 1 atom stereocenters. The number of hydrogen-bond acceptors (Lipinski definition) is 7. The Morgan fingerprint density at radius 3 is 2.68 bits per heavy atom. The highest BCUT2D eigenvalue weighted by Gasteiger charge is 2.22. The van der Waals surface area contributed by atoms with Crippen LogP contribution in [0.25, 0.3) is 27.8 Å². The summed E-state index contributed by atoms with van der Waals surface area (Å²) in [4.78, 5) is 41.8. The van der Waals surface area contributed by atoms with Crippen LogP contribution in [0.3, 0.4) is 0 Å². The van der Waals surface area contributed by atoms with Crippen molar-refractivity contribution in [2.24, 2.45) is 0 Å². The van der Waals surface area contributed by atoms with Gasteiger partial charge in [0, 0.05) is 37.3 Å². The number of carboxylic acid groups (broad SMARTS) is 1. The number of aromatic nitrogens is 6. The summed E-state index contributed by atoms with van der Waals surface area (Å²) in [6.07, 6.45) is 5.38. The summed E-state index contributed by atoms with van der Waals surface area (Å²) >= 11 is 0. The number of methoxy groups -OCH3 is 1. The molecule has 3 N–H and O–H groups in total. The number of nitrogens with zero attached hydrogens (tertiary/aromatic N) is 5. The van der Waals surface area contributed by atoms with Crippen LogP contribution in [0.4, 0.5) is 0 Å². The number of carbonyl (C=O) groups excluding carboxylic acids is 1. The first-order valence-electron chi connectivity index (χ1n) is 14.1. The SMILES string of the molecule is COCCn1c(C(C)c2nc3ccc(-n4ccnc4)cc3[nH]2)nc2ccc(C(=O)NCCOc3ccccc3C(=O)O)cc21. The van der Waals surface area contributed by atoms with Crippen molar-refractivity contribution in [2.45, 2.75) is 19.4 Å². The maximum atomic E-state index is 13.0. The molecule has 1 unspecified atom stereocenters. The van der Waals surface area contributed by atoms with E-state index >= 15 is 0 Å². The van der Waals surface area contributed by atoms with Gasteiger partial charge in [-0.3, -0.25) is 4.79 Å². The Hall–Kier alpha value is -5.49. The second-order valence-corrected chi connectivity index (χ2v) is 10.2. The average Bonchev–Trinajstić information content (AvgIpc) is 3.80. The molecule has 3 aromatic heterocycles. The number of H-pyrrole nitrogens is 1. The number of nitrogens with one attached hydrogen (secondary N) is 2. The van der Waals surface area contributed by atoms with E-state index in [1.165, 1.54) is 6.07 Å². The van der Waals surface area contributed by atoms with Gasteiger partial charge in [0.25, 0.3) is 5.91 Å². The van der Waals surface area contributed by atoms with E-state index in [-0.39, 0.29) is 36.3 Å². The number of ether oxygens (including phenoxy) is 2. The normalized spacial score (nSPS) is 12.0. The Morgan fingerprint density at radius 1 is 1.05 bits per heavy atom. The van der Waals surface area contributed by atoms with Crippen molar-refractivity contribution >= 4 is 33.9 Å². The van der Waals surface area contributed by atoms with Gasteiger partial charge in [-0.1, -0.05) is 12.1 Å². The topological polar surface area (TPSA) is 149 Å².